The van der Waals surface area contributed by atoms with Crippen LogP contribution in [0, 0.1) is 5.92 Å². The molecule has 25 heavy (non-hydrogen) atoms. The SMILES string of the molecule is O=C1[C@H]2[C@@H](c3ccc(Cl)cc3)O[C@]3(OCCN13)S[C@H]2c1ccccc1. The molecule has 4 saturated heterocycles. The highest BCUT2D eigenvalue weighted by atomic mass is 35.5. The molecule has 4 aliphatic rings. The van der Waals surface area contributed by atoms with Crippen molar-refractivity contribution in [1.82, 2.24) is 4.90 Å². The number of halogens is 1. The van der Waals surface area contributed by atoms with Gasteiger partial charge in [-0.05, 0) is 23.3 Å². The second-order valence-corrected chi connectivity index (χ2v) is 8.12. The Morgan fingerprint density at radius 3 is 2.60 bits per heavy atom. The standard InChI is InChI=1S/C19H16ClNO3S/c20-14-8-6-12(7-9-14)16-15-17(13-4-2-1-3-5-13)25-19(24-16)21(18(15)22)10-11-23-19/h1-9,15-17H,10-11H2/t15-,16+,17-,19-/m0/s1. The fourth-order valence-corrected chi connectivity index (χ4v) is 5.63. The van der Waals surface area contributed by atoms with E-state index < -0.39 is 5.24 Å². The third kappa shape index (κ3) is 2.34. The lowest BCUT2D eigenvalue weighted by molar-refractivity contribution is -0.271. The maximum atomic E-state index is 13.2. The van der Waals surface area contributed by atoms with Gasteiger partial charge in [-0.2, -0.15) is 0 Å². The van der Waals surface area contributed by atoms with Crippen molar-refractivity contribution in [1.29, 1.82) is 0 Å². The molecule has 6 rings (SSSR count). The summed E-state index contributed by atoms with van der Waals surface area (Å²) in [6, 6.07) is 17.7. The number of ether oxygens (including phenoxy) is 2. The Balaban J connectivity index is 1.61. The summed E-state index contributed by atoms with van der Waals surface area (Å²) in [5.41, 5.74) is 2.08. The van der Waals surface area contributed by atoms with Gasteiger partial charge in [0.15, 0.2) is 0 Å². The van der Waals surface area contributed by atoms with Crippen molar-refractivity contribution in [3.05, 3.63) is 70.7 Å². The molecule has 4 fully saturated rings. The zero-order valence-electron chi connectivity index (χ0n) is 13.3. The topological polar surface area (TPSA) is 38.8 Å². The molecular weight excluding hydrogens is 358 g/mol. The maximum absolute atomic E-state index is 13.2. The van der Waals surface area contributed by atoms with Crippen LogP contribution in [0.25, 0.3) is 0 Å². The number of amides is 1. The summed E-state index contributed by atoms with van der Waals surface area (Å²) in [6.07, 6.45) is -0.342. The van der Waals surface area contributed by atoms with Crippen LogP contribution in [0.1, 0.15) is 22.5 Å². The Hall–Kier alpha value is -1.53. The van der Waals surface area contributed by atoms with Crippen LogP contribution in [0.3, 0.4) is 0 Å². The van der Waals surface area contributed by atoms with E-state index in [4.69, 9.17) is 21.1 Å². The molecule has 4 heterocycles. The monoisotopic (exact) mass is 373 g/mol. The molecule has 2 bridgehead atoms. The van der Waals surface area contributed by atoms with Crippen LogP contribution < -0.4 is 0 Å². The van der Waals surface area contributed by atoms with E-state index in [0.29, 0.717) is 18.2 Å². The smallest absolute Gasteiger partial charge is 0.308 e. The Bertz CT molecular complexity index is 815. The molecule has 0 saturated carbocycles. The summed E-state index contributed by atoms with van der Waals surface area (Å²) in [4.78, 5) is 15.0. The highest BCUT2D eigenvalue weighted by Gasteiger charge is 2.65. The van der Waals surface area contributed by atoms with Gasteiger partial charge in [0.2, 0.25) is 5.91 Å². The number of fused-ring (bicyclic) bond motifs is 2. The van der Waals surface area contributed by atoms with E-state index in [0.717, 1.165) is 11.1 Å². The largest absolute Gasteiger partial charge is 0.322 e. The minimum atomic E-state index is -1.02. The zero-order chi connectivity index (χ0) is 17.0. The normalized spacial score (nSPS) is 33.6. The van der Waals surface area contributed by atoms with E-state index in [1.54, 1.807) is 16.7 Å². The Morgan fingerprint density at radius 1 is 1.08 bits per heavy atom. The molecule has 0 radical (unpaired) electrons. The molecule has 4 aliphatic heterocycles. The van der Waals surface area contributed by atoms with Crippen molar-refractivity contribution in [2.75, 3.05) is 13.2 Å². The predicted molar refractivity (Wildman–Crippen MR) is 95.9 cm³/mol. The van der Waals surface area contributed by atoms with E-state index in [1.165, 1.54) is 0 Å². The lowest BCUT2D eigenvalue weighted by atomic mass is 9.86. The van der Waals surface area contributed by atoms with Gasteiger partial charge in [-0.15, -0.1) is 0 Å². The first-order valence-corrected chi connectivity index (χ1v) is 9.55. The van der Waals surface area contributed by atoms with Gasteiger partial charge in [0.25, 0.3) is 0 Å². The van der Waals surface area contributed by atoms with Gasteiger partial charge in [0, 0.05) is 5.02 Å². The van der Waals surface area contributed by atoms with Gasteiger partial charge in [-0.1, -0.05) is 65.8 Å². The number of nitrogens with zero attached hydrogens (tertiary/aromatic N) is 1. The van der Waals surface area contributed by atoms with Gasteiger partial charge in [0.05, 0.1) is 24.3 Å². The second kappa shape index (κ2) is 5.74. The fourth-order valence-electron chi connectivity index (χ4n) is 3.86. The van der Waals surface area contributed by atoms with E-state index in [1.807, 2.05) is 42.5 Å². The molecule has 6 heteroatoms. The predicted octanol–water partition coefficient (Wildman–Crippen LogP) is 3.99. The third-order valence-corrected chi connectivity index (χ3v) is 6.82. The summed E-state index contributed by atoms with van der Waals surface area (Å²) < 4.78 is 12.3. The zero-order valence-corrected chi connectivity index (χ0v) is 14.9. The minimum Gasteiger partial charge on any atom is -0.322 e. The average molecular weight is 374 g/mol. The van der Waals surface area contributed by atoms with E-state index in [2.05, 4.69) is 12.1 Å². The van der Waals surface area contributed by atoms with Crippen molar-refractivity contribution in [3.63, 3.8) is 0 Å². The fraction of sp³-hybridized carbons (Fsp3) is 0.316. The molecule has 0 unspecified atom stereocenters. The highest BCUT2D eigenvalue weighted by Crippen LogP contribution is 2.62. The molecule has 1 spiro atoms. The van der Waals surface area contributed by atoms with Crippen molar-refractivity contribution in [2.45, 2.75) is 16.6 Å². The number of carbonyl (C=O) groups is 1. The highest BCUT2D eigenvalue weighted by molar-refractivity contribution is 8.00. The molecule has 0 aliphatic carbocycles. The quantitative estimate of drug-likeness (QED) is 0.798. The van der Waals surface area contributed by atoms with Crippen LogP contribution in [0.2, 0.25) is 5.02 Å². The summed E-state index contributed by atoms with van der Waals surface area (Å²) in [5, 5.41) is -0.351. The first-order chi connectivity index (χ1) is 12.2. The third-order valence-electron chi connectivity index (χ3n) is 5.01. The molecule has 0 aromatic heterocycles. The number of hydrogen-bond acceptors (Lipinski definition) is 4. The van der Waals surface area contributed by atoms with Crippen molar-refractivity contribution in [2.24, 2.45) is 5.92 Å². The van der Waals surface area contributed by atoms with Crippen molar-refractivity contribution >= 4 is 29.3 Å². The van der Waals surface area contributed by atoms with Crippen LogP contribution in [0.4, 0.5) is 0 Å². The van der Waals surface area contributed by atoms with Crippen molar-refractivity contribution in [3.8, 4) is 0 Å². The Kier molecular flexibility index (Phi) is 3.61. The first kappa shape index (κ1) is 15.7. The van der Waals surface area contributed by atoms with Crippen LogP contribution in [0.5, 0.6) is 0 Å². The molecule has 1 amide bonds. The number of carbonyl (C=O) groups excluding carboxylic acids is 1. The molecule has 0 N–H and O–H groups in total. The number of benzene rings is 2. The first-order valence-electron chi connectivity index (χ1n) is 8.29. The summed E-state index contributed by atoms with van der Waals surface area (Å²) in [7, 11) is 0. The molecule has 4 atom stereocenters. The van der Waals surface area contributed by atoms with Gasteiger partial charge in [-0.25, -0.2) is 0 Å². The van der Waals surface area contributed by atoms with E-state index in [-0.39, 0.29) is 23.2 Å². The van der Waals surface area contributed by atoms with Crippen LogP contribution in [-0.4, -0.2) is 29.2 Å². The average Bonchev–Trinajstić information content (AvgIpc) is 3.07. The minimum absolute atomic E-state index is 0.00234. The maximum Gasteiger partial charge on any atom is 0.308 e. The van der Waals surface area contributed by atoms with Crippen molar-refractivity contribution < 1.29 is 14.3 Å². The van der Waals surface area contributed by atoms with Crippen LogP contribution >= 0.6 is 23.4 Å². The lowest BCUT2D eigenvalue weighted by Gasteiger charge is -2.54. The van der Waals surface area contributed by atoms with Gasteiger partial charge < -0.3 is 9.47 Å². The molecule has 128 valence electrons. The number of thioether (sulfide) groups is 1. The number of rotatable bonds is 2. The molecule has 2 aromatic rings. The van der Waals surface area contributed by atoms with Crippen LogP contribution in [0.15, 0.2) is 54.6 Å². The Labute approximate surface area is 155 Å². The molecular formula is C19H16ClNO3S. The van der Waals surface area contributed by atoms with Gasteiger partial charge >= 0.3 is 5.24 Å². The molecule has 4 nitrogen and oxygen atoms in total. The summed E-state index contributed by atoms with van der Waals surface area (Å²) in [6.45, 7) is 1.08. The Morgan fingerprint density at radius 2 is 1.84 bits per heavy atom. The van der Waals surface area contributed by atoms with Gasteiger partial charge in [-0.3, -0.25) is 9.69 Å². The molecule has 2 aromatic carbocycles. The van der Waals surface area contributed by atoms with E-state index >= 15 is 0 Å². The summed E-state index contributed by atoms with van der Waals surface area (Å²) in [5.74, 6) is -0.173. The van der Waals surface area contributed by atoms with Crippen LogP contribution in [-0.2, 0) is 14.3 Å². The van der Waals surface area contributed by atoms with E-state index in [9.17, 15) is 4.79 Å². The number of hydrogen-bond donors (Lipinski definition) is 0. The summed E-state index contributed by atoms with van der Waals surface area (Å²) >= 11 is 7.62. The van der Waals surface area contributed by atoms with Gasteiger partial charge in [0.1, 0.15) is 6.10 Å². The lowest BCUT2D eigenvalue weighted by Crippen LogP contribution is -2.62. The second-order valence-electron chi connectivity index (χ2n) is 6.43.